The van der Waals surface area contributed by atoms with Crippen LogP contribution in [0.2, 0.25) is 0 Å². The number of imide groups is 2. The molecule has 4 aliphatic rings. The second kappa shape index (κ2) is 15.9. The molecule has 57 heavy (non-hydrogen) atoms. The number of thiazole rings is 1. The van der Waals surface area contributed by atoms with Crippen molar-refractivity contribution in [2.75, 3.05) is 28.6 Å². The Hall–Kier alpha value is -5.96. The molecule has 4 aromatic rings. The van der Waals surface area contributed by atoms with E-state index in [0.717, 1.165) is 77.2 Å². The van der Waals surface area contributed by atoms with Crippen molar-refractivity contribution < 1.29 is 28.8 Å². The second-order valence-corrected chi connectivity index (χ2v) is 16.3. The topological polar surface area (TPSA) is 180 Å². The van der Waals surface area contributed by atoms with Crippen LogP contribution in [0.4, 0.5) is 16.5 Å². The predicted molar refractivity (Wildman–Crippen MR) is 214 cm³/mol. The summed E-state index contributed by atoms with van der Waals surface area (Å²) in [6.45, 7) is 3.74. The number of nitrogens with one attached hydrogen (secondary N) is 3. The third-order valence-corrected chi connectivity index (χ3v) is 11.9. The first-order chi connectivity index (χ1) is 27.5. The van der Waals surface area contributed by atoms with Crippen molar-refractivity contribution in [3.05, 3.63) is 92.2 Å². The Morgan fingerprint density at radius 3 is 2.56 bits per heavy atom. The predicted octanol–water partition coefficient (Wildman–Crippen LogP) is 4.83. The number of hydrogen-bond acceptors (Lipinski definition) is 10. The molecule has 2 fully saturated rings. The summed E-state index contributed by atoms with van der Waals surface area (Å²) in [7, 11) is 0. The molecule has 294 valence electrons. The lowest BCUT2D eigenvalue weighted by Crippen LogP contribution is -2.54. The van der Waals surface area contributed by atoms with E-state index >= 15 is 0 Å². The number of piperidine rings is 1. The molecule has 3 aliphatic heterocycles. The number of unbranched alkanes of at least 4 members (excludes halogenated alkanes) is 3. The van der Waals surface area contributed by atoms with Crippen LogP contribution < -0.4 is 26.4 Å². The van der Waals surface area contributed by atoms with E-state index in [-0.39, 0.29) is 53.7 Å². The molecule has 5 heterocycles. The molecule has 0 spiro atoms. The van der Waals surface area contributed by atoms with Crippen LogP contribution in [0.1, 0.15) is 88.1 Å². The maximum absolute atomic E-state index is 13.3. The van der Waals surface area contributed by atoms with Gasteiger partial charge in [-0.3, -0.25) is 43.8 Å². The van der Waals surface area contributed by atoms with E-state index in [1.54, 1.807) is 35.0 Å². The lowest BCUT2D eigenvalue weighted by atomic mass is 10.0. The number of benzene rings is 2. The second-order valence-electron chi connectivity index (χ2n) is 15.1. The zero-order valence-corrected chi connectivity index (χ0v) is 32.4. The molecule has 3 N–H and O–H groups in total. The van der Waals surface area contributed by atoms with Crippen LogP contribution in [0.3, 0.4) is 0 Å². The van der Waals surface area contributed by atoms with Crippen molar-refractivity contribution in [3.8, 4) is 11.3 Å². The molecule has 6 amide bonds. The minimum atomic E-state index is -1.02. The summed E-state index contributed by atoms with van der Waals surface area (Å²) in [5.41, 5.74) is 5.45. The van der Waals surface area contributed by atoms with Crippen LogP contribution in [-0.4, -0.2) is 69.0 Å². The molecule has 1 saturated heterocycles. The number of hydrogen-bond donors (Lipinski definition) is 3. The van der Waals surface area contributed by atoms with Crippen molar-refractivity contribution >= 4 is 63.3 Å². The third kappa shape index (κ3) is 7.88. The molecule has 0 bridgehead atoms. The Balaban J connectivity index is 0.792. The first-order valence-electron chi connectivity index (χ1n) is 19.6. The highest BCUT2D eigenvalue weighted by Gasteiger charge is 2.45. The van der Waals surface area contributed by atoms with Crippen molar-refractivity contribution in [2.24, 2.45) is 5.92 Å². The molecule has 14 nitrogen and oxygen atoms in total. The van der Waals surface area contributed by atoms with Gasteiger partial charge in [-0.15, -0.1) is 11.3 Å². The normalized spacial score (nSPS) is 17.5. The zero-order valence-electron chi connectivity index (χ0n) is 31.6. The van der Waals surface area contributed by atoms with Gasteiger partial charge in [0.25, 0.3) is 17.4 Å². The summed E-state index contributed by atoms with van der Waals surface area (Å²) in [6.07, 6.45) is 7.99. The highest BCUT2D eigenvalue weighted by Crippen LogP contribution is 2.39. The molecule has 1 saturated carbocycles. The third-order valence-electron chi connectivity index (χ3n) is 11.0. The Morgan fingerprint density at radius 2 is 1.75 bits per heavy atom. The smallest absolute Gasteiger partial charge is 0.264 e. The van der Waals surface area contributed by atoms with Gasteiger partial charge in [0, 0.05) is 66.1 Å². The van der Waals surface area contributed by atoms with Crippen LogP contribution in [-0.2, 0) is 38.6 Å². The molecular formula is C42H43N7O7S. The Bertz CT molecular complexity index is 2380. The van der Waals surface area contributed by atoms with Crippen molar-refractivity contribution in [1.29, 1.82) is 0 Å². The van der Waals surface area contributed by atoms with Gasteiger partial charge < -0.3 is 20.1 Å². The monoisotopic (exact) mass is 789 g/mol. The number of fused-ring (bicyclic) bond motifs is 2. The minimum absolute atomic E-state index is 0.0600. The molecule has 1 atom stereocenters. The van der Waals surface area contributed by atoms with Gasteiger partial charge in [-0.2, -0.15) is 0 Å². The molecule has 15 heteroatoms. The first kappa shape index (κ1) is 37.9. The Kier molecular flexibility index (Phi) is 10.6. The number of aryl methyl sites for hydroxylation is 2. The number of carbonyl (C=O) groups is 6. The number of rotatable bonds is 14. The summed E-state index contributed by atoms with van der Waals surface area (Å²) >= 11 is 1.41. The molecule has 1 aliphatic carbocycles. The van der Waals surface area contributed by atoms with E-state index in [4.69, 9.17) is 4.98 Å². The van der Waals surface area contributed by atoms with Crippen LogP contribution in [0.5, 0.6) is 0 Å². The molecule has 0 radical (unpaired) electrons. The SMILES string of the molecule is Cc1sc(NC(=O)Cc2ccc(=O)n(CCCCCCNc3cccc4c3C(=O)N(C3CCC(=O)NC3=O)C4=O)c2)nc1-c1ccc2c(c1)CCN2C(=O)C1CC1. The highest BCUT2D eigenvalue weighted by molar-refractivity contribution is 7.16. The molecule has 1 unspecified atom stereocenters. The average molecular weight is 790 g/mol. The molecule has 8 rings (SSSR count). The number of pyridine rings is 1. The number of carbonyl (C=O) groups excluding carboxylic acids is 6. The van der Waals surface area contributed by atoms with Gasteiger partial charge in [-0.1, -0.05) is 31.0 Å². The Morgan fingerprint density at radius 1 is 0.930 bits per heavy atom. The summed E-state index contributed by atoms with van der Waals surface area (Å²) in [5, 5.41) is 8.91. The highest BCUT2D eigenvalue weighted by atomic mass is 32.1. The zero-order chi connectivity index (χ0) is 39.8. The van der Waals surface area contributed by atoms with Crippen molar-refractivity contribution in [3.63, 3.8) is 0 Å². The van der Waals surface area contributed by atoms with Gasteiger partial charge in [0.15, 0.2) is 5.13 Å². The van der Waals surface area contributed by atoms with E-state index < -0.39 is 29.7 Å². The van der Waals surface area contributed by atoms with Gasteiger partial charge in [0.2, 0.25) is 23.6 Å². The van der Waals surface area contributed by atoms with Crippen LogP contribution in [0.25, 0.3) is 11.3 Å². The standard InChI is InChI=1S/C42H43N7O7S/c1-24-37(28-12-13-31-27(22-28)17-20-48(31)39(54)26-10-11-26)46-42(57-24)45-34(51)21-25-9-16-35(52)47(23-25)19-5-3-2-4-18-43-30-8-6-7-29-36(30)41(56)49(40(29)55)32-14-15-33(50)44-38(32)53/h6-9,12-13,16,22-23,26,32,43H,2-5,10-11,14-15,17-21H2,1H3,(H,44,50,53)(H,45,46,51). The van der Waals surface area contributed by atoms with Gasteiger partial charge in [-0.05, 0) is 80.8 Å². The first-order valence-corrected chi connectivity index (χ1v) is 20.4. The van der Waals surface area contributed by atoms with Crippen molar-refractivity contribution in [1.82, 2.24) is 19.8 Å². The summed E-state index contributed by atoms with van der Waals surface area (Å²) in [6, 6.07) is 13.2. The van der Waals surface area contributed by atoms with Gasteiger partial charge in [0.1, 0.15) is 6.04 Å². The number of aromatic nitrogens is 2. The number of amides is 6. The Labute approximate surface area is 332 Å². The van der Waals surface area contributed by atoms with Crippen LogP contribution >= 0.6 is 11.3 Å². The van der Waals surface area contributed by atoms with E-state index in [0.29, 0.717) is 36.0 Å². The van der Waals surface area contributed by atoms with Gasteiger partial charge >= 0.3 is 0 Å². The number of nitrogens with zero attached hydrogens (tertiary/aromatic N) is 4. The fourth-order valence-corrected chi connectivity index (χ4v) is 8.75. The summed E-state index contributed by atoms with van der Waals surface area (Å²) in [4.78, 5) is 97.4. The van der Waals surface area contributed by atoms with E-state index in [1.165, 1.54) is 17.4 Å². The lowest BCUT2D eigenvalue weighted by Gasteiger charge is -2.27. The summed E-state index contributed by atoms with van der Waals surface area (Å²) in [5.74, 6) is -1.98. The lowest BCUT2D eigenvalue weighted by molar-refractivity contribution is -0.136. The van der Waals surface area contributed by atoms with E-state index in [9.17, 15) is 33.6 Å². The quantitative estimate of drug-likeness (QED) is 0.119. The summed E-state index contributed by atoms with van der Waals surface area (Å²) < 4.78 is 1.63. The van der Waals surface area contributed by atoms with Gasteiger partial charge in [-0.25, -0.2) is 4.98 Å². The van der Waals surface area contributed by atoms with Crippen LogP contribution in [0.15, 0.2) is 59.5 Å². The molecule has 2 aromatic heterocycles. The fraction of sp³-hybridized carbons (Fsp3) is 0.381. The van der Waals surface area contributed by atoms with E-state index in [1.807, 2.05) is 24.0 Å². The van der Waals surface area contributed by atoms with Crippen LogP contribution in [0, 0.1) is 12.8 Å². The fourth-order valence-electron chi connectivity index (χ4n) is 7.90. The molecular weight excluding hydrogens is 747 g/mol. The van der Waals surface area contributed by atoms with Gasteiger partial charge in [0.05, 0.1) is 23.2 Å². The minimum Gasteiger partial charge on any atom is -0.384 e. The maximum atomic E-state index is 13.3. The number of anilines is 3. The molecule has 2 aromatic carbocycles. The average Bonchev–Trinajstić information content (AvgIpc) is 3.78. The van der Waals surface area contributed by atoms with E-state index in [2.05, 4.69) is 22.0 Å². The van der Waals surface area contributed by atoms with Crippen molar-refractivity contribution in [2.45, 2.75) is 83.7 Å². The maximum Gasteiger partial charge on any atom is 0.264 e. The largest absolute Gasteiger partial charge is 0.384 e.